The highest BCUT2D eigenvalue weighted by Crippen LogP contribution is 2.45. The number of nitriles is 1. The first kappa shape index (κ1) is 13.2. The monoisotopic (exact) mass is 306 g/mol. The van der Waals surface area contributed by atoms with E-state index >= 15 is 0 Å². The first-order valence-electron chi connectivity index (χ1n) is 7.25. The molecular weight excluding hydrogens is 292 g/mol. The van der Waals surface area contributed by atoms with Crippen LogP contribution in [-0.2, 0) is 0 Å². The quantitative estimate of drug-likeness (QED) is 0.789. The Morgan fingerprint density at radius 2 is 2.05 bits per heavy atom. The van der Waals surface area contributed by atoms with Gasteiger partial charge in [0.05, 0.1) is 21.9 Å². The van der Waals surface area contributed by atoms with Crippen molar-refractivity contribution < 1.29 is 0 Å². The Kier molecular flexibility index (Phi) is 3.05. The molecule has 22 heavy (non-hydrogen) atoms. The van der Waals surface area contributed by atoms with Gasteiger partial charge in [-0.05, 0) is 36.4 Å². The van der Waals surface area contributed by atoms with Crippen LogP contribution < -0.4 is 5.32 Å². The number of thiophene rings is 1. The number of para-hydroxylation sites is 1. The number of rotatable bonds is 4. The van der Waals surface area contributed by atoms with Crippen molar-refractivity contribution in [1.82, 2.24) is 9.97 Å². The van der Waals surface area contributed by atoms with Crippen LogP contribution >= 0.6 is 11.3 Å². The third-order valence-electron chi connectivity index (χ3n) is 4.03. The lowest BCUT2D eigenvalue weighted by Gasteiger charge is -2.12. The van der Waals surface area contributed by atoms with E-state index in [4.69, 9.17) is 0 Å². The molecule has 4 rings (SSSR count). The molecule has 1 fully saturated rings. The number of fused-ring (bicyclic) bond motifs is 1. The normalized spacial score (nSPS) is 15.4. The minimum atomic E-state index is -0.199. The van der Waals surface area contributed by atoms with Crippen LogP contribution in [-0.4, -0.2) is 16.5 Å². The van der Waals surface area contributed by atoms with E-state index in [9.17, 15) is 5.26 Å². The number of hydrogen-bond donors (Lipinski definition) is 1. The van der Waals surface area contributed by atoms with Crippen LogP contribution in [0.2, 0.25) is 0 Å². The standard InChI is InChI=1S/C17H14N4S/c18-10-17(7-8-17)11-19-15-12-4-1-2-5-13(12)20-16(21-15)14-6-3-9-22-14/h1-6,9H,7-8,11H2,(H,19,20,21). The summed E-state index contributed by atoms with van der Waals surface area (Å²) in [6.45, 7) is 0.647. The summed E-state index contributed by atoms with van der Waals surface area (Å²) in [5.41, 5.74) is 0.722. The van der Waals surface area contributed by atoms with Crippen molar-refractivity contribution in [3.63, 3.8) is 0 Å². The molecule has 0 saturated heterocycles. The number of benzene rings is 1. The zero-order valence-corrected chi connectivity index (χ0v) is 12.7. The van der Waals surface area contributed by atoms with E-state index in [0.29, 0.717) is 6.54 Å². The van der Waals surface area contributed by atoms with Gasteiger partial charge in [-0.3, -0.25) is 0 Å². The predicted molar refractivity (Wildman–Crippen MR) is 88.6 cm³/mol. The van der Waals surface area contributed by atoms with Crippen molar-refractivity contribution in [2.45, 2.75) is 12.8 Å². The fraction of sp³-hybridized carbons (Fsp3) is 0.235. The van der Waals surface area contributed by atoms with Crippen LogP contribution in [0.25, 0.3) is 21.6 Å². The van der Waals surface area contributed by atoms with Crippen LogP contribution in [0.1, 0.15) is 12.8 Å². The fourth-order valence-corrected chi connectivity index (χ4v) is 3.12. The zero-order chi connectivity index (χ0) is 15.0. The second-order valence-corrected chi connectivity index (χ2v) is 6.58. The minimum Gasteiger partial charge on any atom is -0.368 e. The Hall–Kier alpha value is -2.45. The first-order valence-corrected chi connectivity index (χ1v) is 8.13. The first-order chi connectivity index (χ1) is 10.8. The van der Waals surface area contributed by atoms with Gasteiger partial charge in [-0.15, -0.1) is 11.3 Å². The summed E-state index contributed by atoms with van der Waals surface area (Å²) < 4.78 is 0. The van der Waals surface area contributed by atoms with E-state index < -0.39 is 0 Å². The summed E-state index contributed by atoms with van der Waals surface area (Å²) in [6, 6.07) is 14.4. The third-order valence-corrected chi connectivity index (χ3v) is 4.90. The Morgan fingerprint density at radius 1 is 1.18 bits per heavy atom. The molecule has 0 atom stereocenters. The molecule has 2 heterocycles. The highest BCUT2D eigenvalue weighted by molar-refractivity contribution is 7.13. The molecular formula is C17H14N4S. The maximum absolute atomic E-state index is 9.23. The maximum atomic E-state index is 9.23. The molecule has 0 unspecified atom stereocenters. The maximum Gasteiger partial charge on any atom is 0.172 e. The Labute approximate surface area is 132 Å². The summed E-state index contributed by atoms with van der Waals surface area (Å²) >= 11 is 1.63. The summed E-state index contributed by atoms with van der Waals surface area (Å²) in [5, 5.41) is 15.6. The van der Waals surface area contributed by atoms with Crippen molar-refractivity contribution in [2.24, 2.45) is 5.41 Å². The van der Waals surface area contributed by atoms with E-state index in [1.54, 1.807) is 11.3 Å². The Bertz CT molecular complexity index is 860. The lowest BCUT2D eigenvalue weighted by atomic mass is 10.1. The minimum absolute atomic E-state index is 0.199. The van der Waals surface area contributed by atoms with Crippen LogP contribution in [0.15, 0.2) is 41.8 Å². The lowest BCUT2D eigenvalue weighted by Crippen LogP contribution is -2.14. The van der Waals surface area contributed by atoms with Crippen molar-refractivity contribution in [1.29, 1.82) is 5.26 Å². The van der Waals surface area contributed by atoms with Gasteiger partial charge in [0, 0.05) is 11.9 Å². The number of nitrogens with one attached hydrogen (secondary N) is 1. The van der Waals surface area contributed by atoms with Crippen molar-refractivity contribution in [3.05, 3.63) is 41.8 Å². The average Bonchev–Trinajstić information content (AvgIpc) is 3.14. The van der Waals surface area contributed by atoms with Gasteiger partial charge >= 0.3 is 0 Å². The van der Waals surface area contributed by atoms with Gasteiger partial charge in [-0.2, -0.15) is 5.26 Å². The molecule has 2 aromatic heterocycles. The molecule has 1 aromatic carbocycles. The second kappa shape index (κ2) is 5.08. The number of anilines is 1. The highest BCUT2D eigenvalue weighted by atomic mass is 32.1. The van der Waals surface area contributed by atoms with E-state index in [0.717, 1.165) is 40.3 Å². The molecule has 1 saturated carbocycles. The molecule has 108 valence electrons. The van der Waals surface area contributed by atoms with E-state index in [1.165, 1.54) is 0 Å². The smallest absolute Gasteiger partial charge is 0.172 e. The largest absolute Gasteiger partial charge is 0.368 e. The summed E-state index contributed by atoms with van der Waals surface area (Å²) in [7, 11) is 0. The molecule has 0 radical (unpaired) electrons. The van der Waals surface area contributed by atoms with E-state index in [2.05, 4.69) is 21.4 Å². The van der Waals surface area contributed by atoms with Gasteiger partial charge in [-0.1, -0.05) is 18.2 Å². The predicted octanol–water partition coefficient (Wildman–Crippen LogP) is 4.07. The van der Waals surface area contributed by atoms with Gasteiger partial charge in [0.25, 0.3) is 0 Å². The van der Waals surface area contributed by atoms with Gasteiger partial charge < -0.3 is 5.32 Å². The molecule has 1 aliphatic rings. The van der Waals surface area contributed by atoms with Crippen LogP contribution in [0.3, 0.4) is 0 Å². The molecule has 5 heteroatoms. The molecule has 0 bridgehead atoms. The topological polar surface area (TPSA) is 61.6 Å². The van der Waals surface area contributed by atoms with Crippen LogP contribution in [0, 0.1) is 16.7 Å². The van der Waals surface area contributed by atoms with Gasteiger partial charge in [-0.25, -0.2) is 9.97 Å². The van der Waals surface area contributed by atoms with Crippen molar-refractivity contribution in [3.8, 4) is 16.8 Å². The number of nitrogens with zero attached hydrogens (tertiary/aromatic N) is 3. The van der Waals surface area contributed by atoms with Crippen molar-refractivity contribution in [2.75, 3.05) is 11.9 Å². The Morgan fingerprint density at radius 3 is 2.77 bits per heavy atom. The van der Waals surface area contributed by atoms with E-state index in [-0.39, 0.29) is 5.41 Å². The SMILES string of the molecule is N#CC1(CNc2nc(-c3cccs3)nc3ccccc23)CC1. The molecule has 4 nitrogen and oxygen atoms in total. The molecule has 0 amide bonds. The molecule has 0 spiro atoms. The van der Waals surface area contributed by atoms with E-state index in [1.807, 2.05) is 41.8 Å². The third kappa shape index (κ3) is 2.32. The van der Waals surface area contributed by atoms with Crippen LogP contribution in [0.4, 0.5) is 5.82 Å². The fourth-order valence-electron chi connectivity index (χ4n) is 2.46. The summed E-state index contributed by atoms with van der Waals surface area (Å²) in [4.78, 5) is 10.4. The van der Waals surface area contributed by atoms with Crippen molar-refractivity contribution >= 4 is 28.1 Å². The van der Waals surface area contributed by atoms with Gasteiger partial charge in [0.15, 0.2) is 5.82 Å². The van der Waals surface area contributed by atoms with Crippen LogP contribution in [0.5, 0.6) is 0 Å². The highest BCUT2D eigenvalue weighted by Gasteiger charge is 2.43. The molecule has 3 aromatic rings. The summed E-state index contributed by atoms with van der Waals surface area (Å²) in [6.07, 6.45) is 1.94. The summed E-state index contributed by atoms with van der Waals surface area (Å²) in [5.74, 6) is 1.55. The molecule has 0 aliphatic heterocycles. The Balaban J connectivity index is 1.76. The number of aromatic nitrogens is 2. The molecule has 1 aliphatic carbocycles. The average molecular weight is 306 g/mol. The molecule has 1 N–H and O–H groups in total. The zero-order valence-electron chi connectivity index (χ0n) is 11.9. The van der Waals surface area contributed by atoms with Gasteiger partial charge in [0.1, 0.15) is 5.82 Å². The van der Waals surface area contributed by atoms with Gasteiger partial charge in [0.2, 0.25) is 0 Å². The second-order valence-electron chi connectivity index (χ2n) is 5.64. The lowest BCUT2D eigenvalue weighted by molar-refractivity contribution is 0.709. The number of hydrogen-bond acceptors (Lipinski definition) is 5.